The molecule has 1 aliphatic heterocycles. The molecule has 3 amide bonds. The minimum absolute atomic E-state index is 0.168. The first-order valence-corrected chi connectivity index (χ1v) is 13.4. The van der Waals surface area contributed by atoms with Crippen molar-refractivity contribution in [3.05, 3.63) is 59.7 Å². The van der Waals surface area contributed by atoms with Crippen LogP contribution in [0.4, 0.5) is 11.4 Å². The number of benzene rings is 2. The maximum absolute atomic E-state index is 12.9. The van der Waals surface area contributed by atoms with Crippen molar-refractivity contribution in [2.45, 2.75) is 26.3 Å². The normalized spacial score (nSPS) is 14.2. The summed E-state index contributed by atoms with van der Waals surface area (Å²) in [4.78, 5) is 39.9. The zero-order chi connectivity index (χ0) is 26.5. The van der Waals surface area contributed by atoms with Crippen molar-refractivity contribution in [3.63, 3.8) is 0 Å². The van der Waals surface area contributed by atoms with Gasteiger partial charge < -0.3 is 20.3 Å². The van der Waals surface area contributed by atoms with Crippen LogP contribution in [-0.2, 0) is 19.6 Å². The Bertz CT molecular complexity index is 1220. The summed E-state index contributed by atoms with van der Waals surface area (Å²) in [5, 5.41) is 5.49. The van der Waals surface area contributed by atoms with Crippen LogP contribution in [0.3, 0.4) is 0 Å². The SMILES string of the molecule is CC(C)(C)NC(=O)c1ccccc1NC(=O)CN(c1ccc(C(=O)N2CCOCC2)cc1)S(C)(=O)=O. The third-order valence-corrected chi connectivity index (χ3v) is 6.46. The second-order valence-electron chi connectivity index (χ2n) is 9.52. The van der Waals surface area contributed by atoms with Gasteiger partial charge in [0.1, 0.15) is 6.54 Å². The number of sulfonamides is 1. The molecule has 0 unspecified atom stereocenters. The number of hydrogen-bond donors (Lipinski definition) is 2. The maximum Gasteiger partial charge on any atom is 0.254 e. The lowest BCUT2D eigenvalue weighted by molar-refractivity contribution is -0.114. The molecule has 2 aromatic rings. The van der Waals surface area contributed by atoms with Gasteiger partial charge in [-0.25, -0.2) is 8.42 Å². The van der Waals surface area contributed by atoms with E-state index in [2.05, 4.69) is 10.6 Å². The number of rotatable bonds is 7. The van der Waals surface area contributed by atoms with Crippen LogP contribution in [-0.4, -0.2) is 75.7 Å². The van der Waals surface area contributed by atoms with Crippen molar-refractivity contribution in [1.82, 2.24) is 10.2 Å². The van der Waals surface area contributed by atoms with Gasteiger partial charge in [-0.1, -0.05) is 12.1 Å². The Hall–Kier alpha value is -3.44. The molecular formula is C25H32N4O6S. The second kappa shape index (κ2) is 11.1. The van der Waals surface area contributed by atoms with E-state index in [0.717, 1.165) is 10.6 Å². The van der Waals surface area contributed by atoms with Crippen LogP contribution in [0.25, 0.3) is 0 Å². The Morgan fingerprint density at radius 2 is 1.61 bits per heavy atom. The molecule has 0 aliphatic carbocycles. The molecule has 1 fully saturated rings. The molecule has 1 saturated heterocycles. The Balaban J connectivity index is 1.76. The average Bonchev–Trinajstić information content (AvgIpc) is 2.81. The van der Waals surface area contributed by atoms with Gasteiger partial charge in [-0.05, 0) is 57.2 Å². The highest BCUT2D eigenvalue weighted by atomic mass is 32.2. The van der Waals surface area contributed by atoms with Gasteiger partial charge in [0, 0.05) is 24.2 Å². The highest BCUT2D eigenvalue weighted by Crippen LogP contribution is 2.21. The Kier molecular flexibility index (Phi) is 8.36. The monoisotopic (exact) mass is 516 g/mol. The molecule has 11 heteroatoms. The van der Waals surface area contributed by atoms with Gasteiger partial charge in [0.2, 0.25) is 15.9 Å². The topological polar surface area (TPSA) is 125 Å². The number of nitrogens with one attached hydrogen (secondary N) is 2. The van der Waals surface area contributed by atoms with Crippen LogP contribution in [0.5, 0.6) is 0 Å². The van der Waals surface area contributed by atoms with Crippen molar-refractivity contribution in [3.8, 4) is 0 Å². The van der Waals surface area contributed by atoms with Gasteiger partial charge in [-0.3, -0.25) is 18.7 Å². The van der Waals surface area contributed by atoms with E-state index in [1.807, 2.05) is 20.8 Å². The van der Waals surface area contributed by atoms with Gasteiger partial charge in [-0.2, -0.15) is 0 Å². The van der Waals surface area contributed by atoms with E-state index in [-0.39, 0.29) is 28.8 Å². The van der Waals surface area contributed by atoms with Crippen LogP contribution in [0, 0.1) is 0 Å². The summed E-state index contributed by atoms with van der Waals surface area (Å²) in [5.74, 6) is -1.15. The maximum atomic E-state index is 12.9. The van der Waals surface area contributed by atoms with E-state index in [0.29, 0.717) is 31.9 Å². The molecule has 0 radical (unpaired) electrons. The number of ether oxygens (including phenoxy) is 1. The first kappa shape index (κ1) is 27.2. The Labute approximate surface area is 211 Å². The number of carbonyl (C=O) groups excluding carboxylic acids is 3. The van der Waals surface area contributed by atoms with Crippen molar-refractivity contribution >= 4 is 39.1 Å². The zero-order valence-electron chi connectivity index (χ0n) is 20.9. The lowest BCUT2D eigenvalue weighted by Crippen LogP contribution is -2.41. The summed E-state index contributed by atoms with van der Waals surface area (Å²) in [5.41, 5.74) is 0.709. The summed E-state index contributed by atoms with van der Waals surface area (Å²) < 4.78 is 31.2. The van der Waals surface area contributed by atoms with Crippen molar-refractivity contribution in [1.29, 1.82) is 0 Å². The van der Waals surface area contributed by atoms with Crippen LogP contribution in [0.2, 0.25) is 0 Å². The predicted molar refractivity (Wildman–Crippen MR) is 138 cm³/mol. The number of anilines is 2. The standard InChI is InChI=1S/C25H32N4O6S/c1-25(2,3)27-23(31)20-7-5-6-8-21(20)26-22(30)17-29(36(4,33)34)19-11-9-18(10-12-19)24(32)28-13-15-35-16-14-28/h5-12H,13-17H2,1-4H3,(H,26,30)(H,27,31). The van der Waals surface area contributed by atoms with Gasteiger partial charge in [0.15, 0.2) is 0 Å². The van der Waals surface area contributed by atoms with Crippen LogP contribution in [0.1, 0.15) is 41.5 Å². The van der Waals surface area contributed by atoms with Gasteiger partial charge in [0.25, 0.3) is 11.8 Å². The first-order valence-electron chi connectivity index (χ1n) is 11.5. The Morgan fingerprint density at radius 1 is 1.00 bits per heavy atom. The smallest absolute Gasteiger partial charge is 0.254 e. The molecule has 0 saturated carbocycles. The summed E-state index contributed by atoms with van der Waals surface area (Å²) in [7, 11) is -3.83. The van der Waals surface area contributed by atoms with Crippen molar-refractivity contribution < 1.29 is 27.5 Å². The summed E-state index contributed by atoms with van der Waals surface area (Å²) in [6, 6.07) is 12.6. The first-order chi connectivity index (χ1) is 16.8. The predicted octanol–water partition coefficient (Wildman–Crippen LogP) is 2.09. The summed E-state index contributed by atoms with van der Waals surface area (Å²) in [6.07, 6.45) is 0.998. The van der Waals surface area contributed by atoms with E-state index in [9.17, 15) is 22.8 Å². The molecular weight excluding hydrogens is 484 g/mol. The fraction of sp³-hybridized carbons (Fsp3) is 0.400. The number of morpholine rings is 1. The molecule has 0 aromatic heterocycles. The van der Waals surface area contributed by atoms with Gasteiger partial charge in [-0.15, -0.1) is 0 Å². The van der Waals surface area contributed by atoms with Gasteiger partial charge in [0.05, 0.1) is 36.4 Å². The van der Waals surface area contributed by atoms with Crippen LogP contribution < -0.4 is 14.9 Å². The van der Waals surface area contributed by atoms with E-state index in [1.54, 1.807) is 29.2 Å². The second-order valence-corrected chi connectivity index (χ2v) is 11.4. The fourth-order valence-electron chi connectivity index (χ4n) is 3.64. The average molecular weight is 517 g/mol. The molecule has 1 aliphatic rings. The number of hydrogen-bond acceptors (Lipinski definition) is 6. The van der Waals surface area contributed by atoms with E-state index in [4.69, 9.17) is 4.74 Å². The molecule has 0 atom stereocenters. The molecule has 194 valence electrons. The summed E-state index contributed by atoms with van der Waals surface area (Å²) >= 11 is 0. The largest absolute Gasteiger partial charge is 0.378 e. The molecule has 0 spiro atoms. The highest BCUT2D eigenvalue weighted by Gasteiger charge is 2.24. The Morgan fingerprint density at radius 3 is 2.19 bits per heavy atom. The third kappa shape index (κ3) is 7.28. The van der Waals surface area contributed by atoms with Gasteiger partial charge >= 0.3 is 0 Å². The lowest BCUT2D eigenvalue weighted by atomic mass is 10.1. The molecule has 0 bridgehead atoms. The van der Waals surface area contributed by atoms with Crippen molar-refractivity contribution in [2.75, 3.05) is 48.7 Å². The molecule has 3 rings (SSSR count). The molecule has 2 aromatic carbocycles. The van der Waals surface area contributed by atoms with E-state index in [1.165, 1.54) is 24.3 Å². The molecule has 1 heterocycles. The number of para-hydroxylation sites is 1. The number of amides is 3. The van der Waals surface area contributed by atoms with Crippen molar-refractivity contribution in [2.24, 2.45) is 0 Å². The highest BCUT2D eigenvalue weighted by molar-refractivity contribution is 7.92. The fourth-order valence-corrected chi connectivity index (χ4v) is 4.49. The van der Waals surface area contributed by atoms with E-state index < -0.39 is 28.0 Å². The quantitative estimate of drug-likeness (QED) is 0.581. The lowest BCUT2D eigenvalue weighted by Gasteiger charge is -2.27. The molecule has 2 N–H and O–H groups in total. The summed E-state index contributed by atoms with van der Waals surface area (Å²) in [6.45, 7) is 6.95. The van der Waals surface area contributed by atoms with Crippen LogP contribution in [0.15, 0.2) is 48.5 Å². The third-order valence-electron chi connectivity index (χ3n) is 5.32. The number of carbonyl (C=O) groups is 3. The molecule has 10 nitrogen and oxygen atoms in total. The number of nitrogens with zero attached hydrogens (tertiary/aromatic N) is 2. The zero-order valence-corrected chi connectivity index (χ0v) is 21.7. The molecule has 36 heavy (non-hydrogen) atoms. The van der Waals surface area contributed by atoms with Crippen LogP contribution >= 0.6 is 0 Å². The minimum atomic E-state index is -3.83. The minimum Gasteiger partial charge on any atom is -0.378 e. The van der Waals surface area contributed by atoms with E-state index >= 15 is 0 Å².